The van der Waals surface area contributed by atoms with Crippen LogP contribution in [-0.2, 0) is 10.9 Å². The number of aryl methyl sites for hydroxylation is 1. The lowest BCUT2D eigenvalue weighted by Crippen LogP contribution is -2.31. The Labute approximate surface area is 126 Å². The fraction of sp³-hybridized carbons (Fsp3) is 0.714. The lowest BCUT2D eigenvalue weighted by molar-refractivity contribution is 0.543. The minimum atomic E-state index is -1.88. The van der Waals surface area contributed by atoms with Crippen molar-refractivity contribution in [1.29, 1.82) is 0 Å². The zero-order valence-electron chi connectivity index (χ0n) is 8.02. The summed E-state index contributed by atoms with van der Waals surface area (Å²) >= 11 is 32.5. The van der Waals surface area contributed by atoms with E-state index >= 15 is 0 Å². The van der Waals surface area contributed by atoms with Gasteiger partial charge in [0.2, 0.25) is 8.13 Å². The summed E-state index contributed by atoms with van der Waals surface area (Å²) in [5, 5.41) is 7.66. The van der Waals surface area contributed by atoms with Crippen LogP contribution in [0.15, 0.2) is 4.60 Å². The van der Waals surface area contributed by atoms with Gasteiger partial charge in [-0.2, -0.15) is 0 Å². The first-order chi connectivity index (χ1) is 7.21. The van der Waals surface area contributed by atoms with Crippen LogP contribution < -0.4 is 0 Å². The Morgan fingerprint density at radius 3 is 2.25 bits per heavy atom. The second-order valence-electron chi connectivity index (χ2n) is 3.02. The van der Waals surface area contributed by atoms with Crippen LogP contribution in [0.25, 0.3) is 0 Å². The van der Waals surface area contributed by atoms with E-state index < -0.39 is 8.13 Å². The van der Waals surface area contributed by atoms with E-state index in [0.717, 1.165) is 6.42 Å². The molecule has 92 valence electrons. The Balaban J connectivity index is 3.25. The molecule has 1 aromatic heterocycles. The van der Waals surface area contributed by atoms with Gasteiger partial charge in [0.25, 0.3) is 0 Å². The number of hydrogen-bond donors (Lipinski definition) is 0. The van der Waals surface area contributed by atoms with Crippen molar-refractivity contribution in [2.45, 2.75) is 28.0 Å². The van der Waals surface area contributed by atoms with Crippen molar-refractivity contribution in [3.8, 4) is 0 Å². The smallest absolute Gasteiger partial charge is 0.228 e. The lowest BCUT2D eigenvalue weighted by atomic mass is 10.3. The van der Waals surface area contributed by atoms with Crippen molar-refractivity contribution >= 4 is 73.9 Å². The molecule has 0 aliphatic rings. The van der Waals surface area contributed by atoms with Gasteiger partial charge in [0.15, 0.2) is 4.60 Å². The summed E-state index contributed by atoms with van der Waals surface area (Å²) in [7, 11) is 0. The third kappa shape index (κ3) is 2.90. The van der Waals surface area contributed by atoms with Crippen LogP contribution in [0.1, 0.15) is 19.0 Å². The maximum atomic E-state index is 6.06. The van der Waals surface area contributed by atoms with Gasteiger partial charge in [-0.3, -0.25) is 0 Å². The molecule has 0 aliphatic carbocycles. The first-order valence-corrected chi connectivity index (χ1v) is 6.94. The van der Waals surface area contributed by atoms with E-state index in [4.69, 9.17) is 58.0 Å². The molecule has 0 atom stereocenters. The number of hydrogen-bond acceptors (Lipinski definition) is 2. The highest BCUT2D eigenvalue weighted by Crippen LogP contribution is 2.53. The van der Waals surface area contributed by atoms with Crippen LogP contribution >= 0.6 is 73.9 Å². The van der Waals surface area contributed by atoms with Crippen LogP contribution in [0.2, 0.25) is 0 Å². The van der Waals surface area contributed by atoms with E-state index in [2.05, 4.69) is 26.2 Å². The van der Waals surface area contributed by atoms with Crippen LogP contribution in [-0.4, -0.2) is 18.8 Å². The summed E-state index contributed by atoms with van der Waals surface area (Å²) in [6, 6.07) is 0. The van der Waals surface area contributed by atoms with Crippen molar-refractivity contribution in [1.82, 2.24) is 15.0 Å². The topological polar surface area (TPSA) is 30.7 Å². The van der Waals surface area contributed by atoms with Gasteiger partial charge in [-0.25, -0.2) is 4.68 Å². The zero-order valence-corrected chi connectivity index (χ0v) is 13.4. The van der Waals surface area contributed by atoms with E-state index in [1.807, 2.05) is 6.92 Å². The summed E-state index contributed by atoms with van der Waals surface area (Å²) in [4.78, 5) is 0. The zero-order chi connectivity index (χ0) is 12.6. The van der Waals surface area contributed by atoms with Crippen molar-refractivity contribution in [3.63, 3.8) is 0 Å². The monoisotopic (exact) mass is 387 g/mol. The molecule has 0 saturated heterocycles. The van der Waals surface area contributed by atoms with Crippen LogP contribution in [0.3, 0.4) is 0 Å². The van der Waals surface area contributed by atoms with Gasteiger partial charge in [0.1, 0.15) is 5.69 Å². The van der Waals surface area contributed by atoms with E-state index in [-0.39, 0.29) is 0 Å². The van der Waals surface area contributed by atoms with Crippen molar-refractivity contribution in [3.05, 3.63) is 10.3 Å². The third-order valence-electron chi connectivity index (χ3n) is 1.78. The Bertz CT molecular complexity index is 373. The van der Waals surface area contributed by atoms with Crippen molar-refractivity contribution in [2.75, 3.05) is 0 Å². The van der Waals surface area contributed by atoms with Gasteiger partial charge in [-0.1, -0.05) is 70.1 Å². The summed E-state index contributed by atoms with van der Waals surface area (Å²) in [6.07, 6.45) is 0.826. The Hall–Kier alpha value is 1.07. The van der Waals surface area contributed by atoms with E-state index in [0.29, 0.717) is 16.8 Å². The fourth-order valence-electron chi connectivity index (χ4n) is 1.09. The number of aromatic nitrogens is 3. The van der Waals surface area contributed by atoms with Gasteiger partial charge in [0.05, 0.1) is 0 Å². The molecule has 0 radical (unpaired) electrons. The number of alkyl halides is 5. The first-order valence-electron chi connectivity index (χ1n) is 4.25. The molecule has 0 aliphatic heterocycles. The summed E-state index contributed by atoms with van der Waals surface area (Å²) in [5.74, 6) is 0. The third-order valence-corrected chi connectivity index (χ3v) is 4.67. The molecule has 0 amide bonds. The minimum Gasteiger partial charge on any atom is -0.245 e. The minimum absolute atomic E-state index is 0.331. The van der Waals surface area contributed by atoms with E-state index in [9.17, 15) is 0 Å². The maximum Gasteiger partial charge on any atom is 0.228 e. The SMILES string of the molecule is CCCn1nnc(Br)c1C(Cl)(Cl)C(Cl)(Cl)Cl. The molecule has 0 aromatic carbocycles. The Morgan fingerprint density at radius 2 is 1.81 bits per heavy atom. The normalized spacial score (nSPS) is 13.2. The van der Waals surface area contributed by atoms with Gasteiger partial charge in [-0.15, -0.1) is 5.10 Å². The molecule has 9 heteroatoms. The van der Waals surface area contributed by atoms with Crippen LogP contribution in [0.4, 0.5) is 0 Å². The van der Waals surface area contributed by atoms with Crippen molar-refractivity contribution in [2.24, 2.45) is 0 Å². The second kappa shape index (κ2) is 5.37. The predicted molar refractivity (Wildman–Crippen MR) is 71.7 cm³/mol. The Morgan fingerprint density at radius 1 is 1.25 bits per heavy atom. The lowest BCUT2D eigenvalue weighted by Gasteiger charge is -2.27. The highest BCUT2D eigenvalue weighted by Gasteiger charge is 2.51. The molecule has 3 nitrogen and oxygen atoms in total. The highest BCUT2D eigenvalue weighted by molar-refractivity contribution is 9.10. The quantitative estimate of drug-likeness (QED) is 0.714. The molecular formula is C7H7BrCl5N3. The number of nitrogens with zero attached hydrogens (tertiary/aromatic N) is 3. The molecule has 0 fully saturated rings. The van der Waals surface area contributed by atoms with E-state index in [1.54, 1.807) is 0 Å². The second-order valence-corrected chi connectivity index (χ2v) is 7.38. The van der Waals surface area contributed by atoms with Crippen molar-refractivity contribution < 1.29 is 0 Å². The average molecular weight is 390 g/mol. The molecular weight excluding hydrogens is 383 g/mol. The average Bonchev–Trinajstić information content (AvgIpc) is 2.46. The maximum absolute atomic E-state index is 6.06. The molecule has 1 heterocycles. The predicted octanol–water partition coefficient (Wildman–Crippen LogP) is 4.45. The van der Waals surface area contributed by atoms with Gasteiger partial charge < -0.3 is 0 Å². The molecule has 1 rings (SSSR count). The molecule has 0 unspecified atom stereocenters. The largest absolute Gasteiger partial charge is 0.245 e. The summed E-state index contributed by atoms with van der Waals surface area (Å²) in [6.45, 7) is 2.55. The number of rotatable bonds is 3. The van der Waals surface area contributed by atoms with Crippen LogP contribution in [0, 0.1) is 0 Å². The summed E-state index contributed by atoms with van der Waals surface area (Å²) in [5.41, 5.74) is 0.331. The van der Waals surface area contributed by atoms with E-state index in [1.165, 1.54) is 4.68 Å². The molecule has 0 N–H and O–H groups in total. The van der Waals surface area contributed by atoms with Gasteiger partial charge in [0, 0.05) is 6.54 Å². The molecule has 1 aromatic rings. The van der Waals surface area contributed by atoms with Gasteiger partial charge in [-0.05, 0) is 22.4 Å². The fourth-order valence-corrected chi connectivity index (χ4v) is 2.53. The van der Waals surface area contributed by atoms with Gasteiger partial charge >= 0.3 is 0 Å². The number of halogens is 6. The standard InChI is InChI=1S/C7H7BrCl5N3/c1-2-3-16-4(5(8)14-15-16)6(9,10)7(11,12)13/h2-3H2,1H3. The summed E-state index contributed by atoms with van der Waals surface area (Å²) < 4.78 is -1.75. The molecule has 0 saturated carbocycles. The molecule has 16 heavy (non-hydrogen) atoms. The first kappa shape index (κ1) is 15.1. The molecule has 0 bridgehead atoms. The van der Waals surface area contributed by atoms with Crippen LogP contribution in [0.5, 0.6) is 0 Å². The molecule has 0 spiro atoms. The highest BCUT2D eigenvalue weighted by atomic mass is 79.9. The Kier molecular flexibility index (Phi) is 5.08.